The molecule has 10 N–H and O–H groups in total. The number of aliphatic hydroxyl groups excluding tert-OH is 4. The standard InChI is InChI=1S/C21H27N10O9PS/c22-15-9-16(25-4-24-15)30(5-26-9)19-13(35)11(33)8(40-19)3-38-41(36,37)14-12(34)7(1-2-32)39-20(14)31-6-27-10-17(31)28-21(23)29-18(10)42/h4-8,11-14,19-20,32-35H,1-3H2,(H,36,37)(H2,22,24,25)(H3,23,28,29,42)/t7-,8-,11-,12-,13-,14-,19-,20-/m1/s1. The van der Waals surface area contributed by atoms with E-state index < -0.39 is 62.8 Å². The molecule has 2 saturated heterocycles. The van der Waals surface area contributed by atoms with Gasteiger partial charge >= 0.3 is 7.60 Å². The Bertz CT molecular complexity index is 1730. The first kappa shape index (κ1) is 28.9. The Morgan fingerprint density at radius 3 is 2.40 bits per heavy atom. The van der Waals surface area contributed by atoms with Crippen LogP contribution in [0.5, 0.6) is 0 Å². The Morgan fingerprint density at radius 2 is 1.67 bits per heavy atom. The molecule has 21 heteroatoms. The van der Waals surface area contributed by atoms with Crippen LogP contribution in [0.4, 0.5) is 11.8 Å². The van der Waals surface area contributed by atoms with Crippen LogP contribution in [-0.2, 0) is 18.6 Å². The van der Waals surface area contributed by atoms with Crippen LogP contribution in [0, 0.1) is 4.64 Å². The third kappa shape index (κ3) is 4.74. The largest absolute Gasteiger partial charge is 0.396 e. The van der Waals surface area contributed by atoms with Crippen molar-refractivity contribution in [3.63, 3.8) is 0 Å². The Hall–Kier alpha value is -3.17. The molecule has 0 aliphatic carbocycles. The van der Waals surface area contributed by atoms with E-state index in [1.165, 1.54) is 28.1 Å². The number of aromatic nitrogens is 8. The number of anilines is 2. The van der Waals surface area contributed by atoms with E-state index in [0.717, 1.165) is 0 Å². The maximum Gasteiger partial charge on any atom is 0.338 e. The normalized spacial score (nSPS) is 31.3. The van der Waals surface area contributed by atoms with Gasteiger partial charge in [-0.1, -0.05) is 12.2 Å². The molecule has 0 aromatic carbocycles. The zero-order valence-electron chi connectivity index (χ0n) is 21.5. The highest BCUT2D eigenvalue weighted by Crippen LogP contribution is 2.58. The second kappa shape index (κ2) is 10.8. The second-order valence-corrected chi connectivity index (χ2v) is 12.2. The van der Waals surface area contributed by atoms with Crippen molar-refractivity contribution >= 4 is 53.9 Å². The van der Waals surface area contributed by atoms with E-state index in [0.29, 0.717) is 0 Å². The molecule has 1 unspecified atom stereocenters. The summed E-state index contributed by atoms with van der Waals surface area (Å²) in [5.41, 5.74) is 10.9. The van der Waals surface area contributed by atoms with Crippen LogP contribution in [0.1, 0.15) is 18.9 Å². The molecule has 2 aliphatic rings. The molecule has 0 radical (unpaired) electrons. The van der Waals surface area contributed by atoms with Gasteiger partial charge in [-0.3, -0.25) is 13.7 Å². The highest BCUT2D eigenvalue weighted by atomic mass is 32.1. The van der Waals surface area contributed by atoms with Crippen LogP contribution in [0.3, 0.4) is 0 Å². The summed E-state index contributed by atoms with van der Waals surface area (Å²) in [6.07, 6.45) is -5.74. The summed E-state index contributed by atoms with van der Waals surface area (Å²) in [7, 11) is -4.81. The first-order chi connectivity index (χ1) is 20.0. The summed E-state index contributed by atoms with van der Waals surface area (Å²) in [6, 6.07) is 0. The predicted octanol–water partition coefficient (Wildman–Crippen LogP) is -1.68. The average Bonchev–Trinajstić information content (AvgIpc) is 3.69. The van der Waals surface area contributed by atoms with Gasteiger partial charge in [-0.05, 0) is 6.42 Å². The first-order valence-corrected chi connectivity index (χ1v) is 14.7. The van der Waals surface area contributed by atoms with E-state index in [1.54, 1.807) is 0 Å². The molecule has 4 aromatic rings. The zero-order valence-corrected chi connectivity index (χ0v) is 23.2. The summed E-state index contributed by atoms with van der Waals surface area (Å²) in [6.45, 7) is -1.03. The molecule has 42 heavy (non-hydrogen) atoms. The third-order valence-electron chi connectivity index (χ3n) is 7.27. The Labute approximate surface area is 240 Å². The SMILES string of the molecule is Nc1nc2c(ncn2[C@@H]2O[C@H](CCO)[C@@H](O)[C@H]2P(=O)(O)OC[C@H]2O[C@@H](n3cnc4c(N)ncnc43)[C@H](O)[C@@H]2O)c(=S)[nH]1. The first-order valence-electron chi connectivity index (χ1n) is 12.6. The van der Waals surface area contributed by atoms with E-state index in [9.17, 15) is 29.9 Å². The van der Waals surface area contributed by atoms with E-state index in [2.05, 4.69) is 29.9 Å². The van der Waals surface area contributed by atoms with Crippen molar-refractivity contribution in [2.24, 2.45) is 0 Å². The fourth-order valence-electron chi connectivity index (χ4n) is 5.23. The van der Waals surface area contributed by atoms with Crippen molar-refractivity contribution in [3.8, 4) is 0 Å². The number of hydrogen-bond donors (Lipinski definition) is 8. The smallest absolute Gasteiger partial charge is 0.338 e. The molecule has 6 heterocycles. The van der Waals surface area contributed by atoms with Crippen LogP contribution in [-0.4, -0.2) is 114 Å². The summed E-state index contributed by atoms with van der Waals surface area (Å²) >= 11 is 5.23. The molecule has 4 aromatic heterocycles. The van der Waals surface area contributed by atoms with Gasteiger partial charge in [0, 0.05) is 6.61 Å². The van der Waals surface area contributed by atoms with Gasteiger partial charge in [0.05, 0.1) is 31.5 Å². The van der Waals surface area contributed by atoms with Crippen LogP contribution in [0.25, 0.3) is 22.3 Å². The lowest BCUT2D eigenvalue weighted by Crippen LogP contribution is -2.36. The predicted molar refractivity (Wildman–Crippen MR) is 144 cm³/mol. The molecule has 19 nitrogen and oxygen atoms in total. The maximum absolute atomic E-state index is 13.7. The molecule has 2 aliphatic heterocycles. The Morgan fingerprint density at radius 1 is 0.976 bits per heavy atom. The lowest BCUT2D eigenvalue weighted by Gasteiger charge is -2.27. The van der Waals surface area contributed by atoms with Gasteiger partial charge in [0.1, 0.15) is 46.0 Å². The van der Waals surface area contributed by atoms with Crippen molar-refractivity contribution in [2.75, 3.05) is 24.7 Å². The van der Waals surface area contributed by atoms with Crippen LogP contribution < -0.4 is 11.5 Å². The van der Waals surface area contributed by atoms with E-state index in [-0.39, 0.29) is 51.8 Å². The van der Waals surface area contributed by atoms with Crippen LogP contribution >= 0.6 is 19.8 Å². The van der Waals surface area contributed by atoms with Crippen LogP contribution in [0.2, 0.25) is 0 Å². The number of H-pyrrole nitrogens is 1. The van der Waals surface area contributed by atoms with Crippen molar-refractivity contribution < 1.29 is 43.9 Å². The fourth-order valence-corrected chi connectivity index (χ4v) is 7.12. The molecule has 226 valence electrons. The van der Waals surface area contributed by atoms with Gasteiger partial charge in [-0.25, -0.2) is 19.9 Å². The van der Waals surface area contributed by atoms with Gasteiger partial charge in [-0.15, -0.1) is 0 Å². The quantitative estimate of drug-likeness (QED) is 0.0800. The van der Waals surface area contributed by atoms with Gasteiger partial charge in [0.2, 0.25) is 5.95 Å². The minimum absolute atomic E-state index is 0.0417. The zero-order chi connectivity index (χ0) is 29.9. The molecular formula is C21H27N10O9PS. The topological polar surface area (TPSA) is 288 Å². The number of nitrogens with one attached hydrogen (secondary N) is 1. The van der Waals surface area contributed by atoms with Crippen LogP contribution in [0.15, 0.2) is 19.0 Å². The third-order valence-corrected chi connectivity index (χ3v) is 9.40. The minimum atomic E-state index is -4.81. The number of ether oxygens (including phenoxy) is 2. The molecule has 6 rings (SSSR count). The summed E-state index contributed by atoms with van der Waals surface area (Å²) in [5, 5.41) is 41.9. The van der Waals surface area contributed by atoms with Gasteiger partial charge < -0.3 is 55.8 Å². The molecular weight excluding hydrogens is 599 g/mol. The lowest BCUT2D eigenvalue weighted by molar-refractivity contribution is -0.0493. The van der Waals surface area contributed by atoms with Crippen molar-refractivity contribution in [3.05, 3.63) is 23.6 Å². The molecule has 0 saturated carbocycles. The number of nitrogens with zero attached hydrogens (tertiary/aromatic N) is 7. The number of imidazole rings is 2. The Kier molecular flexibility index (Phi) is 7.46. The summed E-state index contributed by atoms with van der Waals surface area (Å²) in [4.78, 5) is 34.2. The van der Waals surface area contributed by atoms with Crippen molar-refractivity contribution in [1.82, 2.24) is 39.0 Å². The monoisotopic (exact) mass is 626 g/mol. The maximum atomic E-state index is 13.7. The molecule has 9 atom stereocenters. The highest BCUT2D eigenvalue weighted by Gasteiger charge is 2.55. The summed E-state index contributed by atoms with van der Waals surface area (Å²) < 4.78 is 33.6. The number of fused-ring (bicyclic) bond motifs is 2. The van der Waals surface area contributed by atoms with E-state index in [1.807, 2.05) is 0 Å². The van der Waals surface area contributed by atoms with Gasteiger partial charge in [0.15, 0.2) is 29.6 Å². The molecule has 0 amide bonds. The number of hydrogen-bond acceptors (Lipinski definition) is 16. The van der Waals surface area contributed by atoms with Crippen molar-refractivity contribution in [2.45, 2.75) is 55.1 Å². The average molecular weight is 627 g/mol. The summed E-state index contributed by atoms with van der Waals surface area (Å²) in [5.74, 6) is 0.0601. The highest BCUT2D eigenvalue weighted by molar-refractivity contribution is 7.71. The number of rotatable bonds is 8. The molecule has 0 spiro atoms. The lowest BCUT2D eigenvalue weighted by atomic mass is 10.1. The number of nitrogens with two attached hydrogens (primary N) is 2. The van der Waals surface area contributed by atoms with Crippen molar-refractivity contribution in [1.29, 1.82) is 0 Å². The van der Waals surface area contributed by atoms with Gasteiger partial charge in [-0.2, -0.15) is 4.98 Å². The minimum Gasteiger partial charge on any atom is -0.396 e. The molecule has 2 fully saturated rings. The number of nitrogen functional groups attached to an aromatic ring is 2. The fraction of sp³-hybridized carbons (Fsp3) is 0.524. The van der Waals surface area contributed by atoms with E-state index >= 15 is 0 Å². The Balaban J connectivity index is 1.25. The van der Waals surface area contributed by atoms with E-state index in [4.69, 9.17) is 37.7 Å². The number of aliphatic hydroxyl groups is 4. The van der Waals surface area contributed by atoms with Gasteiger partial charge in [0.25, 0.3) is 0 Å². The second-order valence-electron chi connectivity index (χ2n) is 9.82. The molecule has 0 bridgehead atoms. The number of aromatic amines is 1.